The first-order valence-electron chi connectivity index (χ1n) is 6.57. The van der Waals surface area contributed by atoms with Gasteiger partial charge in [-0.1, -0.05) is 27.7 Å². The summed E-state index contributed by atoms with van der Waals surface area (Å²) in [4.78, 5) is 11.3. The second kappa shape index (κ2) is 6.93. The highest BCUT2D eigenvalue weighted by Crippen LogP contribution is 2.15. The van der Waals surface area contributed by atoms with E-state index < -0.39 is 0 Å². The topological polar surface area (TPSA) is 29.0 Å². The van der Waals surface area contributed by atoms with E-state index in [1.807, 2.05) is 13.1 Å². The van der Waals surface area contributed by atoms with Gasteiger partial charge in [0.25, 0.3) is 0 Å². The van der Waals surface area contributed by atoms with Crippen LogP contribution in [0.1, 0.15) is 39.0 Å². The van der Waals surface area contributed by atoms with Crippen molar-refractivity contribution in [1.82, 2.24) is 9.97 Å². The number of anilines is 1. The minimum Gasteiger partial charge on any atom is -0.340 e. The van der Waals surface area contributed by atoms with E-state index >= 15 is 0 Å². The molecular formula is C14H24ClN3. The molecule has 0 atom stereocenters. The van der Waals surface area contributed by atoms with E-state index in [1.54, 1.807) is 0 Å². The van der Waals surface area contributed by atoms with Crippen LogP contribution in [0, 0.1) is 18.8 Å². The van der Waals surface area contributed by atoms with Crippen molar-refractivity contribution in [3.8, 4) is 0 Å². The van der Waals surface area contributed by atoms with Gasteiger partial charge in [-0.15, -0.1) is 11.6 Å². The summed E-state index contributed by atoms with van der Waals surface area (Å²) in [6, 6.07) is 0. The molecule has 0 spiro atoms. The second-order valence-corrected chi connectivity index (χ2v) is 5.87. The van der Waals surface area contributed by atoms with Crippen molar-refractivity contribution in [3.05, 3.63) is 17.5 Å². The van der Waals surface area contributed by atoms with Crippen LogP contribution in [0.15, 0.2) is 6.20 Å². The van der Waals surface area contributed by atoms with Gasteiger partial charge in [0.15, 0.2) is 0 Å². The van der Waals surface area contributed by atoms with Crippen molar-refractivity contribution in [2.45, 2.75) is 40.5 Å². The first kappa shape index (κ1) is 15.2. The summed E-state index contributed by atoms with van der Waals surface area (Å²) in [7, 11) is 0. The Hall–Kier alpha value is -0.830. The maximum atomic E-state index is 5.84. The van der Waals surface area contributed by atoms with Gasteiger partial charge in [-0.2, -0.15) is 0 Å². The summed E-state index contributed by atoms with van der Waals surface area (Å²) in [5.41, 5.74) is 1.99. The van der Waals surface area contributed by atoms with Crippen LogP contribution in [0.2, 0.25) is 0 Å². The minimum absolute atomic E-state index is 0.473. The van der Waals surface area contributed by atoms with E-state index in [9.17, 15) is 0 Å². The van der Waals surface area contributed by atoms with Crippen LogP contribution in [-0.4, -0.2) is 23.1 Å². The predicted molar refractivity (Wildman–Crippen MR) is 78.2 cm³/mol. The molecule has 18 heavy (non-hydrogen) atoms. The number of nitrogens with zero attached hydrogens (tertiary/aromatic N) is 3. The molecule has 0 N–H and O–H groups in total. The number of hydrogen-bond donors (Lipinski definition) is 0. The molecule has 1 aromatic heterocycles. The zero-order valence-electron chi connectivity index (χ0n) is 12.1. The normalized spacial score (nSPS) is 11.3. The molecule has 0 saturated heterocycles. The summed E-state index contributed by atoms with van der Waals surface area (Å²) in [6.07, 6.45) is 1.85. The monoisotopic (exact) mass is 269 g/mol. The maximum Gasteiger partial charge on any atom is 0.225 e. The lowest BCUT2D eigenvalue weighted by Gasteiger charge is -2.26. The van der Waals surface area contributed by atoms with Gasteiger partial charge in [0.1, 0.15) is 0 Å². The van der Waals surface area contributed by atoms with E-state index in [2.05, 4.69) is 42.6 Å². The van der Waals surface area contributed by atoms with Crippen molar-refractivity contribution in [3.63, 3.8) is 0 Å². The Morgan fingerprint density at radius 2 is 1.72 bits per heavy atom. The molecule has 0 bridgehead atoms. The third kappa shape index (κ3) is 4.45. The summed E-state index contributed by atoms with van der Waals surface area (Å²) < 4.78 is 0. The lowest BCUT2D eigenvalue weighted by atomic mass is 10.1. The lowest BCUT2D eigenvalue weighted by molar-refractivity contribution is 0.543. The standard InChI is InChI=1S/C14H24ClN3/c1-10(2)8-18(9-11(3)4)14-16-7-13(6-15)12(5)17-14/h7,10-11H,6,8-9H2,1-5H3. The van der Waals surface area contributed by atoms with E-state index in [4.69, 9.17) is 11.6 Å². The van der Waals surface area contributed by atoms with Gasteiger partial charge in [0.2, 0.25) is 5.95 Å². The third-order valence-corrected chi connectivity index (χ3v) is 2.95. The molecule has 1 rings (SSSR count). The minimum atomic E-state index is 0.473. The fourth-order valence-electron chi connectivity index (χ4n) is 1.88. The first-order valence-corrected chi connectivity index (χ1v) is 7.10. The fraction of sp³-hybridized carbons (Fsp3) is 0.714. The van der Waals surface area contributed by atoms with Gasteiger partial charge in [-0.05, 0) is 18.8 Å². The quantitative estimate of drug-likeness (QED) is 0.739. The highest BCUT2D eigenvalue weighted by atomic mass is 35.5. The summed E-state index contributed by atoms with van der Waals surface area (Å²) >= 11 is 5.84. The molecule has 0 aliphatic heterocycles. The Morgan fingerprint density at radius 3 is 2.11 bits per heavy atom. The van der Waals surface area contributed by atoms with E-state index in [-0.39, 0.29) is 0 Å². The van der Waals surface area contributed by atoms with Crippen LogP contribution in [0.4, 0.5) is 5.95 Å². The van der Waals surface area contributed by atoms with Gasteiger partial charge in [-0.25, -0.2) is 9.97 Å². The Morgan fingerprint density at radius 1 is 1.17 bits per heavy atom. The molecule has 1 heterocycles. The zero-order valence-corrected chi connectivity index (χ0v) is 12.8. The van der Waals surface area contributed by atoms with Crippen LogP contribution in [-0.2, 0) is 5.88 Å². The maximum absolute atomic E-state index is 5.84. The molecule has 0 unspecified atom stereocenters. The van der Waals surface area contributed by atoms with Crippen molar-refractivity contribution in [2.24, 2.45) is 11.8 Å². The average molecular weight is 270 g/mol. The van der Waals surface area contributed by atoms with E-state index in [0.717, 1.165) is 30.3 Å². The van der Waals surface area contributed by atoms with E-state index in [0.29, 0.717) is 17.7 Å². The van der Waals surface area contributed by atoms with Gasteiger partial charge in [-0.3, -0.25) is 0 Å². The Labute approximate surface area is 116 Å². The molecule has 0 aliphatic rings. The number of aromatic nitrogens is 2. The smallest absolute Gasteiger partial charge is 0.225 e. The molecule has 0 aliphatic carbocycles. The average Bonchev–Trinajstić information content (AvgIpc) is 2.26. The highest BCUT2D eigenvalue weighted by molar-refractivity contribution is 6.17. The molecule has 0 fully saturated rings. The Balaban J connectivity index is 2.93. The van der Waals surface area contributed by atoms with Crippen molar-refractivity contribution in [1.29, 1.82) is 0 Å². The Bertz CT molecular complexity index is 367. The second-order valence-electron chi connectivity index (χ2n) is 5.61. The predicted octanol–water partition coefficient (Wildman–Crippen LogP) is 3.64. The van der Waals surface area contributed by atoms with Crippen molar-refractivity contribution in [2.75, 3.05) is 18.0 Å². The number of halogens is 1. The van der Waals surface area contributed by atoms with E-state index in [1.165, 1.54) is 0 Å². The van der Waals surface area contributed by atoms with Crippen LogP contribution >= 0.6 is 11.6 Å². The van der Waals surface area contributed by atoms with Crippen LogP contribution in [0.25, 0.3) is 0 Å². The molecule has 4 heteroatoms. The molecule has 0 saturated carbocycles. The van der Waals surface area contributed by atoms with Gasteiger partial charge in [0.05, 0.1) is 5.88 Å². The number of rotatable bonds is 6. The zero-order chi connectivity index (χ0) is 13.7. The SMILES string of the molecule is Cc1nc(N(CC(C)C)CC(C)C)ncc1CCl. The van der Waals surface area contributed by atoms with Crippen LogP contribution in [0.3, 0.4) is 0 Å². The fourth-order valence-corrected chi connectivity index (χ4v) is 2.15. The number of alkyl halides is 1. The molecule has 1 aromatic rings. The third-order valence-electron chi connectivity index (χ3n) is 2.67. The first-order chi connectivity index (χ1) is 8.43. The lowest BCUT2D eigenvalue weighted by Crippen LogP contribution is -2.33. The molecular weight excluding hydrogens is 246 g/mol. The molecule has 3 nitrogen and oxygen atoms in total. The number of aryl methyl sites for hydroxylation is 1. The summed E-state index contributed by atoms with van der Waals surface area (Å²) in [6.45, 7) is 12.8. The molecule has 0 radical (unpaired) electrons. The number of hydrogen-bond acceptors (Lipinski definition) is 3. The summed E-state index contributed by atoms with van der Waals surface area (Å²) in [5, 5.41) is 0. The molecule has 102 valence electrons. The van der Waals surface area contributed by atoms with Crippen molar-refractivity contribution < 1.29 is 0 Å². The van der Waals surface area contributed by atoms with Crippen LogP contribution < -0.4 is 4.90 Å². The van der Waals surface area contributed by atoms with Crippen LogP contribution in [0.5, 0.6) is 0 Å². The van der Waals surface area contributed by atoms with Gasteiger partial charge in [0, 0.05) is 30.5 Å². The molecule has 0 amide bonds. The van der Waals surface area contributed by atoms with Crippen molar-refractivity contribution >= 4 is 17.5 Å². The Kier molecular flexibility index (Phi) is 5.86. The summed E-state index contributed by atoms with van der Waals surface area (Å²) in [5.74, 6) is 2.49. The largest absolute Gasteiger partial charge is 0.340 e. The van der Waals surface area contributed by atoms with Gasteiger partial charge < -0.3 is 4.90 Å². The molecule has 0 aromatic carbocycles. The highest BCUT2D eigenvalue weighted by Gasteiger charge is 2.14. The van der Waals surface area contributed by atoms with Gasteiger partial charge >= 0.3 is 0 Å².